The molecule has 1 fully saturated rings. The Labute approximate surface area is 196 Å². The fourth-order valence-electron chi connectivity index (χ4n) is 4.17. The average Bonchev–Trinajstić information content (AvgIpc) is 3.41. The second-order valence-electron chi connectivity index (χ2n) is 8.11. The van der Waals surface area contributed by atoms with Crippen LogP contribution in [0.3, 0.4) is 0 Å². The monoisotopic (exact) mass is 458 g/mol. The van der Waals surface area contributed by atoms with Crippen LogP contribution >= 0.6 is 0 Å². The van der Waals surface area contributed by atoms with Gasteiger partial charge in [0, 0.05) is 24.5 Å². The van der Waals surface area contributed by atoms with E-state index in [-0.39, 0.29) is 11.6 Å². The largest absolute Gasteiger partial charge is 0.377 e. The van der Waals surface area contributed by atoms with Gasteiger partial charge in [-0.05, 0) is 42.7 Å². The Bertz CT molecular complexity index is 1300. The number of aryl methyl sites for hydroxylation is 1. The highest BCUT2D eigenvalue weighted by atomic mass is 19.1. The van der Waals surface area contributed by atoms with Crippen molar-refractivity contribution in [3.63, 3.8) is 0 Å². The van der Waals surface area contributed by atoms with E-state index >= 15 is 4.39 Å². The number of rotatable bonds is 5. The summed E-state index contributed by atoms with van der Waals surface area (Å²) in [5, 5.41) is 8.20. The third-order valence-electron chi connectivity index (χ3n) is 5.87. The topological polar surface area (TPSA) is 86.0 Å². The van der Waals surface area contributed by atoms with Crippen LogP contribution in [0.25, 0.3) is 17.1 Å². The summed E-state index contributed by atoms with van der Waals surface area (Å²) in [7, 11) is 0. The van der Waals surface area contributed by atoms with Crippen LogP contribution in [-0.4, -0.2) is 61.6 Å². The van der Waals surface area contributed by atoms with E-state index in [1.54, 1.807) is 42.4 Å². The summed E-state index contributed by atoms with van der Waals surface area (Å²) < 4.78 is 21.0. The molecule has 5 rings (SSSR count). The molecule has 0 radical (unpaired) electrons. The molecule has 1 saturated heterocycles. The number of hydrogen-bond donors (Lipinski definition) is 0. The standard InChI is InChI=1S/C25H23FN6O2/c1-17-6-7-21(32-29-10-11-30-32)22(23(17)26)25(33)31-12-13-34-16-20(31)15-18-4-2-5-19(14-18)24-27-8-3-9-28-24/h2-11,14,20H,12-13,15-16H2,1H3. The fraction of sp³-hybridized carbons (Fsp3) is 0.240. The zero-order valence-corrected chi connectivity index (χ0v) is 18.6. The quantitative estimate of drug-likeness (QED) is 0.456. The molecule has 3 heterocycles. The van der Waals surface area contributed by atoms with Crippen molar-refractivity contribution in [2.24, 2.45) is 0 Å². The summed E-state index contributed by atoms with van der Waals surface area (Å²) >= 11 is 0. The van der Waals surface area contributed by atoms with E-state index in [1.165, 1.54) is 17.2 Å². The molecule has 1 aliphatic heterocycles. The lowest BCUT2D eigenvalue weighted by molar-refractivity contribution is -0.00189. The lowest BCUT2D eigenvalue weighted by Gasteiger charge is -2.36. The van der Waals surface area contributed by atoms with E-state index in [4.69, 9.17) is 4.74 Å². The van der Waals surface area contributed by atoms with Gasteiger partial charge in [0.1, 0.15) is 17.1 Å². The van der Waals surface area contributed by atoms with E-state index in [0.717, 1.165) is 11.1 Å². The third-order valence-corrected chi connectivity index (χ3v) is 5.87. The van der Waals surface area contributed by atoms with Gasteiger partial charge < -0.3 is 9.64 Å². The molecule has 0 saturated carbocycles. The number of carbonyl (C=O) groups excluding carboxylic acids is 1. The lowest BCUT2D eigenvalue weighted by atomic mass is 10.00. The zero-order chi connectivity index (χ0) is 23.5. The Morgan fingerprint density at radius 3 is 2.68 bits per heavy atom. The van der Waals surface area contributed by atoms with E-state index in [1.807, 2.05) is 24.3 Å². The second-order valence-corrected chi connectivity index (χ2v) is 8.11. The molecule has 1 amide bonds. The van der Waals surface area contributed by atoms with Gasteiger partial charge in [-0.3, -0.25) is 4.79 Å². The minimum absolute atomic E-state index is 0.0328. The first-order valence-electron chi connectivity index (χ1n) is 11.0. The molecular formula is C25H23FN6O2. The Balaban J connectivity index is 1.46. The molecule has 8 nitrogen and oxygen atoms in total. The van der Waals surface area contributed by atoms with Crippen LogP contribution in [-0.2, 0) is 11.2 Å². The number of morpholine rings is 1. The average molecular weight is 458 g/mol. The summed E-state index contributed by atoms with van der Waals surface area (Å²) in [5.41, 5.74) is 2.57. The van der Waals surface area contributed by atoms with Crippen LogP contribution < -0.4 is 0 Å². The van der Waals surface area contributed by atoms with Gasteiger partial charge in [0.2, 0.25) is 0 Å². The summed E-state index contributed by atoms with van der Waals surface area (Å²) in [4.78, 5) is 25.3. The zero-order valence-electron chi connectivity index (χ0n) is 18.6. The first-order chi connectivity index (χ1) is 16.6. The van der Waals surface area contributed by atoms with Gasteiger partial charge in [-0.15, -0.1) is 0 Å². The van der Waals surface area contributed by atoms with E-state index in [0.29, 0.717) is 43.3 Å². The maximum atomic E-state index is 15.3. The Morgan fingerprint density at radius 1 is 1.09 bits per heavy atom. The molecule has 0 N–H and O–H groups in total. The minimum atomic E-state index is -0.562. The Hall–Kier alpha value is -3.98. The van der Waals surface area contributed by atoms with Gasteiger partial charge in [0.25, 0.3) is 5.91 Å². The summed E-state index contributed by atoms with van der Waals surface area (Å²) in [5.74, 6) is -0.326. The predicted octanol–water partition coefficient (Wildman–Crippen LogP) is 3.26. The number of benzene rings is 2. The fourth-order valence-corrected chi connectivity index (χ4v) is 4.17. The first kappa shape index (κ1) is 21.8. The molecule has 1 unspecified atom stereocenters. The van der Waals surface area contributed by atoms with Crippen molar-refractivity contribution in [1.29, 1.82) is 0 Å². The SMILES string of the molecule is Cc1ccc(-n2nccn2)c(C(=O)N2CCOCC2Cc2cccc(-c3ncccn3)c2)c1F. The smallest absolute Gasteiger partial charge is 0.259 e. The van der Waals surface area contributed by atoms with Gasteiger partial charge in [0.05, 0.1) is 31.6 Å². The highest BCUT2D eigenvalue weighted by Crippen LogP contribution is 2.25. The Kier molecular flexibility index (Phi) is 6.09. The number of halogens is 1. The van der Waals surface area contributed by atoms with Crippen LogP contribution in [0, 0.1) is 12.7 Å². The predicted molar refractivity (Wildman–Crippen MR) is 123 cm³/mol. The highest BCUT2D eigenvalue weighted by Gasteiger charge is 2.32. The molecule has 0 bridgehead atoms. The molecule has 9 heteroatoms. The van der Waals surface area contributed by atoms with Gasteiger partial charge in [0.15, 0.2) is 5.82 Å². The van der Waals surface area contributed by atoms with E-state index < -0.39 is 11.7 Å². The molecule has 2 aromatic carbocycles. The van der Waals surface area contributed by atoms with Crippen molar-refractivity contribution in [2.45, 2.75) is 19.4 Å². The lowest BCUT2D eigenvalue weighted by Crippen LogP contribution is -2.50. The molecule has 0 spiro atoms. The molecular weight excluding hydrogens is 435 g/mol. The van der Waals surface area contributed by atoms with Crippen molar-refractivity contribution in [3.05, 3.63) is 89.8 Å². The van der Waals surface area contributed by atoms with Crippen molar-refractivity contribution in [1.82, 2.24) is 29.9 Å². The molecule has 172 valence electrons. The maximum Gasteiger partial charge on any atom is 0.259 e. The van der Waals surface area contributed by atoms with Crippen LogP contribution in [0.2, 0.25) is 0 Å². The van der Waals surface area contributed by atoms with Gasteiger partial charge in [-0.2, -0.15) is 15.0 Å². The van der Waals surface area contributed by atoms with Crippen molar-refractivity contribution < 1.29 is 13.9 Å². The van der Waals surface area contributed by atoms with Crippen molar-refractivity contribution >= 4 is 5.91 Å². The highest BCUT2D eigenvalue weighted by molar-refractivity contribution is 5.98. The van der Waals surface area contributed by atoms with Crippen LogP contribution in [0.5, 0.6) is 0 Å². The molecule has 34 heavy (non-hydrogen) atoms. The molecule has 2 aromatic heterocycles. The van der Waals surface area contributed by atoms with Gasteiger partial charge in [-0.1, -0.05) is 24.3 Å². The first-order valence-corrected chi connectivity index (χ1v) is 11.0. The number of amides is 1. The third kappa shape index (κ3) is 4.29. The molecule has 0 aliphatic carbocycles. The summed E-state index contributed by atoms with van der Waals surface area (Å²) in [6.45, 7) is 2.76. The number of carbonyl (C=O) groups is 1. The van der Waals surface area contributed by atoms with E-state index in [9.17, 15) is 4.79 Å². The number of aromatic nitrogens is 5. The maximum absolute atomic E-state index is 15.3. The number of nitrogens with zero attached hydrogens (tertiary/aromatic N) is 6. The van der Waals surface area contributed by atoms with Gasteiger partial charge in [-0.25, -0.2) is 14.4 Å². The molecule has 1 aliphatic rings. The summed E-state index contributed by atoms with van der Waals surface area (Å²) in [6, 6.07) is 12.7. The molecule has 1 atom stereocenters. The molecule has 4 aromatic rings. The summed E-state index contributed by atoms with van der Waals surface area (Å²) in [6.07, 6.45) is 6.94. The Morgan fingerprint density at radius 2 is 1.88 bits per heavy atom. The number of hydrogen-bond acceptors (Lipinski definition) is 6. The van der Waals surface area contributed by atoms with Crippen LogP contribution in [0.15, 0.2) is 67.3 Å². The van der Waals surface area contributed by atoms with Gasteiger partial charge >= 0.3 is 0 Å². The second kappa shape index (κ2) is 9.48. The van der Waals surface area contributed by atoms with E-state index in [2.05, 4.69) is 20.2 Å². The normalized spacial score (nSPS) is 15.9. The van der Waals surface area contributed by atoms with Crippen LogP contribution in [0.4, 0.5) is 4.39 Å². The van der Waals surface area contributed by atoms with Crippen LogP contribution in [0.1, 0.15) is 21.5 Å². The van der Waals surface area contributed by atoms with Crippen molar-refractivity contribution in [2.75, 3.05) is 19.8 Å². The minimum Gasteiger partial charge on any atom is -0.377 e. The van der Waals surface area contributed by atoms with Crippen molar-refractivity contribution in [3.8, 4) is 17.1 Å². The number of ether oxygens (including phenoxy) is 1.